The molecule has 0 radical (unpaired) electrons. The SMILES string of the molecule is COc1cccc(C(C)C(=O)NC2CCCc3cc(N)ccc32)c1. The van der Waals surface area contributed by atoms with E-state index in [0.717, 1.165) is 36.3 Å². The molecule has 4 heteroatoms. The molecular weight excluding hydrogens is 300 g/mol. The Morgan fingerprint density at radius 1 is 1.29 bits per heavy atom. The molecule has 0 spiro atoms. The van der Waals surface area contributed by atoms with Crippen LogP contribution < -0.4 is 15.8 Å². The van der Waals surface area contributed by atoms with E-state index in [4.69, 9.17) is 10.5 Å². The van der Waals surface area contributed by atoms with Gasteiger partial charge in [-0.2, -0.15) is 0 Å². The normalized spacial score (nSPS) is 17.7. The van der Waals surface area contributed by atoms with E-state index in [-0.39, 0.29) is 17.9 Å². The zero-order chi connectivity index (χ0) is 17.1. The Morgan fingerprint density at radius 2 is 2.12 bits per heavy atom. The summed E-state index contributed by atoms with van der Waals surface area (Å²) in [5, 5.41) is 3.21. The van der Waals surface area contributed by atoms with E-state index in [1.165, 1.54) is 11.1 Å². The van der Waals surface area contributed by atoms with Gasteiger partial charge in [-0.15, -0.1) is 0 Å². The van der Waals surface area contributed by atoms with Crippen LogP contribution in [0.1, 0.15) is 48.4 Å². The molecule has 0 fully saturated rings. The third-order valence-electron chi connectivity index (χ3n) is 4.78. The number of hydrogen-bond acceptors (Lipinski definition) is 3. The largest absolute Gasteiger partial charge is 0.497 e. The van der Waals surface area contributed by atoms with Gasteiger partial charge in [0, 0.05) is 5.69 Å². The molecular formula is C20H24N2O2. The monoisotopic (exact) mass is 324 g/mol. The first-order valence-corrected chi connectivity index (χ1v) is 8.41. The summed E-state index contributed by atoms with van der Waals surface area (Å²) >= 11 is 0. The summed E-state index contributed by atoms with van der Waals surface area (Å²) in [6, 6.07) is 13.7. The number of amides is 1. The molecule has 0 aromatic heterocycles. The summed E-state index contributed by atoms with van der Waals surface area (Å²) in [6.07, 6.45) is 3.06. The van der Waals surface area contributed by atoms with E-state index < -0.39 is 0 Å². The van der Waals surface area contributed by atoms with Crippen LogP contribution in [0.2, 0.25) is 0 Å². The lowest BCUT2D eigenvalue weighted by Crippen LogP contribution is -2.33. The number of methoxy groups -OCH3 is 1. The van der Waals surface area contributed by atoms with Crippen LogP contribution in [-0.4, -0.2) is 13.0 Å². The number of benzene rings is 2. The number of anilines is 1. The third kappa shape index (κ3) is 3.37. The van der Waals surface area contributed by atoms with Gasteiger partial charge in [0.1, 0.15) is 5.75 Å². The Hall–Kier alpha value is -2.49. The van der Waals surface area contributed by atoms with Crippen molar-refractivity contribution in [1.82, 2.24) is 5.32 Å². The maximum absolute atomic E-state index is 12.7. The highest BCUT2D eigenvalue weighted by atomic mass is 16.5. The van der Waals surface area contributed by atoms with Crippen LogP contribution in [0.15, 0.2) is 42.5 Å². The molecule has 1 amide bonds. The standard InChI is InChI=1S/C20H24N2O2/c1-13(14-5-3-7-17(12-14)24-2)20(23)22-19-8-4-6-15-11-16(21)9-10-18(15)19/h3,5,7,9-13,19H,4,6,8,21H2,1-2H3,(H,22,23). The van der Waals surface area contributed by atoms with Crippen LogP contribution in [0, 0.1) is 0 Å². The van der Waals surface area contributed by atoms with E-state index >= 15 is 0 Å². The molecule has 1 aliphatic carbocycles. The second-order valence-corrected chi connectivity index (χ2v) is 6.41. The van der Waals surface area contributed by atoms with Crippen molar-refractivity contribution in [2.75, 3.05) is 12.8 Å². The number of carbonyl (C=O) groups is 1. The number of nitrogens with two attached hydrogens (primary N) is 1. The number of nitrogens with one attached hydrogen (secondary N) is 1. The fourth-order valence-corrected chi connectivity index (χ4v) is 3.34. The van der Waals surface area contributed by atoms with Gasteiger partial charge < -0.3 is 15.8 Å². The fraction of sp³-hybridized carbons (Fsp3) is 0.350. The van der Waals surface area contributed by atoms with Gasteiger partial charge >= 0.3 is 0 Å². The number of rotatable bonds is 4. The molecule has 126 valence electrons. The van der Waals surface area contributed by atoms with E-state index in [9.17, 15) is 4.79 Å². The van der Waals surface area contributed by atoms with Crippen molar-refractivity contribution < 1.29 is 9.53 Å². The smallest absolute Gasteiger partial charge is 0.227 e. The molecule has 3 rings (SSSR count). The van der Waals surface area contributed by atoms with Crippen molar-refractivity contribution >= 4 is 11.6 Å². The highest BCUT2D eigenvalue weighted by molar-refractivity contribution is 5.83. The van der Waals surface area contributed by atoms with Crippen molar-refractivity contribution in [3.8, 4) is 5.75 Å². The highest BCUT2D eigenvalue weighted by Crippen LogP contribution is 2.32. The van der Waals surface area contributed by atoms with Gasteiger partial charge in [0.15, 0.2) is 0 Å². The summed E-state index contributed by atoms with van der Waals surface area (Å²) in [4.78, 5) is 12.7. The molecule has 0 aliphatic heterocycles. The molecule has 3 N–H and O–H groups in total. The zero-order valence-corrected chi connectivity index (χ0v) is 14.2. The molecule has 24 heavy (non-hydrogen) atoms. The minimum atomic E-state index is -0.223. The van der Waals surface area contributed by atoms with Gasteiger partial charge in [-0.05, 0) is 67.1 Å². The molecule has 0 bridgehead atoms. The molecule has 0 saturated carbocycles. The van der Waals surface area contributed by atoms with Gasteiger partial charge in [0.05, 0.1) is 19.1 Å². The lowest BCUT2D eigenvalue weighted by Gasteiger charge is -2.28. The van der Waals surface area contributed by atoms with Crippen molar-refractivity contribution in [1.29, 1.82) is 0 Å². The number of fused-ring (bicyclic) bond motifs is 1. The molecule has 0 heterocycles. The van der Waals surface area contributed by atoms with Gasteiger partial charge in [-0.3, -0.25) is 4.79 Å². The van der Waals surface area contributed by atoms with Crippen LogP contribution in [0.4, 0.5) is 5.69 Å². The summed E-state index contributed by atoms with van der Waals surface area (Å²) in [7, 11) is 1.63. The Morgan fingerprint density at radius 3 is 2.92 bits per heavy atom. The molecule has 2 aromatic rings. The molecule has 2 atom stereocenters. The van der Waals surface area contributed by atoms with Crippen molar-refractivity contribution in [3.63, 3.8) is 0 Å². The minimum Gasteiger partial charge on any atom is -0.497 e. The predicted molar refractivity (Wildman–Crippen MR) is 96.1 cm³/mol. The topological polar surface area (TPSA) is 64.3 Å². The number of nitrogen functional groups attached to an aromatic ring is 1. The quantitative estimate of drug-likeness (QED) is 0.845. The molecule has 2 unspecified atom stereocenters. The molecule has 2 aromatic carbocycles. The second kappa shape index (κ2) is 6.95. The average molecular weight is 324 g/mol. The van der Waals surface area contributed by atoms with Crippen molar-refractivity contribution in [2.45, 2.75) is 38.1 Å². The van der Waals surface area contributed by atoms with E-state index in [1.54, 1.807) is 7.11 Å². The van der Waals surface area contributed by atoms with Gasteiger partial charge in [0.25, 0.3) is 0 Å². The number of aryl methyl sites for hydroxylation is 1. The summed E-state index contributed by atoms with van der Waals surface area (Å²) < 4.78 is 5.25. The highest BCUT2D eigenvalue weighted by Gasteiger charge is 2.24. The van der Waals surface area contributed by atoms with E-state index in [0.29, 0.717) is 0 Å². The lowest BCUT2D eigenvalue weighted by molar-refractivity contribution is -0.123. The number of hydrogen-bond donors (Lipinski definition) is 2. The Balaban J connectivity index is 1.75. The van der Waals surface area contributed by atoms with Crippen LogP contribution in [0.3, 0.4) is 0 Å². The van der Waals surface area contributed by atoms with Gasteiger partial charge in [0.2, 0.25) is 5.91 Å². The zero-order valence-electron chi connectivity index (χ0n) is 14.2. The Kier molecular flexibility index (Phi) is 4.74. The summed E-state index contributed by atoms with van der Waals surface area (Å²) in [5.41, 5.74) is 10.1. The summed E-state index contributed by atoms with van der Waals surface area (Å²) in [6.45, 7) is 1.93. The molecule has 4 nitrogen and oxygen atoms in total. The maximum Gasteiger partial charge on any atom is 0.227 e. The predicted octanol–water partition coefficient (Wildman–Crippen LogP) is 3.57. The fourth-order valence-electron chi connectivity index (χ4n) is 3.34. The lowest BCUT2D eigenvalue weighted by atomic mass is 9.87. The summed E-state index contributed by atoms with van der Waals surface area (Å²) in [5.74, 6) is 0.586. The molecule has 0 saturated heterocycles. The third-order valence-corrected chi connectivity index (χ3v) is 4.78. The first kappa shape index (κ1) is 16.4. The maximum atomic E-state index is 12.7. The van der Waals surface area contributed by atoms with Crippen LogP contribution >= 0.6 is 0 Å². The number of ether oxygens (including phenoxy) is 1. The van der Waals surface area contributed by atoms with E-state index in [1.807, 2.05) is 49.4 Å². The average Bonchev–Trinajstić information content (AvgIpc) is 2.61. The van der Waals surface area contributed by atoms with Crippen molar-refractivity contribution in [2.24, 2.45) is 0 Å². The van der Waals surface area contributed by atoms with Gasteiger partial charge in [-0.1, -0.05) is 18.2 Å². The first-order valence-electron chi connectivity index (χ1n) is 8.41. The van der Waals surface area contributed by atoms with Crippen LogP contribution in [0.25, 0.3) is 0 Å². The number of carbonyl (C=O) groups excluding carboxylic acids is 1. The first-order chi connectivity index (χ1) is 11.6. The molecule has 1 aliphatic rings. The van der Waals surface area contributed by atoms with Gasteiger partial charge in [-0.25, -0.2) is 0 Å². The van der Waals surface area contributed by atoms with Crippen LogP contribution in [-0.2, 0) is 11.2 Å². The van der Waals surface area contributed by atoms with E-state index in [2.05, 4.69) is 5.32 Å². The second-order valence-electron chi connectivity index (χ2n) is 6.41. The Labute approximate surface area is 143 Å². The Bertz CT molecular complexity index is 742. The van der Waals surface area contributed by atoms with Crippen LogP contribution in [0.5, 0.6) is 5.75 Å². The minimum absolute atomic E-state index is 0.0397. The van der Waals surface area contributed by atoms with Crippen molar-refractivity contribution in [3.05, 3.63) is 59.2 Å².